The van der Waals surface area contributed by atoms with E-state index in [2.05, 4.69) is 24.1 Å². The van der Waals surface area contributed by atoms with Crippen molar-refractivity contribution in [1.29, 1.82) is 0 Å². The van der Waals surface area contributed by atoms with Gasteiger partial charge in [-0.15, -0.1) is 0 Å². The molecular weight excluding hydrogens is 248 g/mol. The fourth-order valence-electron chi connectivity index (χ4n) is 3.76. The van der Waals surface area contributed by atoms with Crippen LogP contribution in [0, 0.1) is 0 Å². The molecule has 3 nitrogen and oxygen atoms in total. The second kappa shape index (κ2) is 9.01. The normalized spacial score (nSPS) is 29.1. The smallest absolute Gasteiger partial charge is 0.0855 e. The second-order valence-electron chi connectivity index (χ2n) is 6.52. The standard InChI is InChI=1S/C17H34N2O/c1-3-5-6-7-8-9-15(4-2)19-12-10-16-17(14-19)20-13-11-18-16/h15-18H,3-14H2,1-2H3/t15-,16-,17-/m0/s1. The van der Waals surface area contributed by atoms with E-state index in [1.54, 1.807) is 0 Å². The summed E-state index contributed by atoms with van der Waals surface area (Å²) in [6.07, 6.45) is 11.4. The van der Waals surface area contributed by atoms with Crippen molar-refractivity contribution in [3.05, 3.63) is 0 Å². The molecule has 2 aliphatic rings. The molecule has 0 bridgehead atoms. The van der Waals surface area contributed by atoms with Crippen LogP contribution in [0.3, 0.4) is 0 Å². The van der Waals surface area contributed by atoms with Crippen LogP contribution in [-0.2, 0) is 4.74 Å². The van der Waals surface area contributed by atoms with Crippen LogP contribution >= 0.6 is 0 Å². The molecule has 20 heavy (non-hydrogen) atoms. The zero-order valence-corrected chi connectivity index (χ0v) is 13.6. The minimum Gasteiger partial charge on any atom is -0.374 e. The summed E-state index contributed by atoms with van der Waals surface area (Å²) in [5.41, 5.74) is 0. The van der Waals surface area contributed by atoms with Gasteiger partial charge in [-0.2, -0.15) is 0 Å². The Kier molecular flexibility index (Phi) is 7.32. The van der Waals surface area contributed by atoms with Crippen LogP contribution in [0.25, 0.3) is 0 Å². The summed E-state index contributed by atoms with van der Waals surface area (Å²) in [6.45, 7) is 8.97. The number of fused-ring (bicyclic) bond motifs is 1. The minimum atomic E-state index is 0.437. The number of nitrogens with zero attached hydrogens (tertiary/aromatic N) is 1. The lowest BCUT2D eigenvalue weighted by Crippen LogP contribution is -2.59. The van der Waals surface area contributed by atoms with Crippen LogP contribution in [0.4, 0.5) is 0 Å². The van der Waals surface area contributed by atoms with Crippen molar-refractivity contribution in [3.8, 4) is 0 Å². The number of rotatable bonds is 8. The third kappa shape index (κ3) is 4.71. The van der Waals surface area contributed by atoms with E-state index in [9.17, 15) is 0 Å². The Hall–Kier alpha value is -0.120. The molecule has 118 valence electrons. The maximum Gasteiger partial charge on any atom is 0.0855 e. The first-order valence-corrected chi connectivity index (χ1v) is 8.94. The van der Waals surface area contributed by atoms with Crippen LogP contribution < -0.4 is 5.32 Å². The molecular formula is C17H34N2O. The van der Waals surface area contributed by atoms with Gasteiger partial charge in [-0.3, -0.25) is 4.90 Å². The molecule has 0 aromatic carbocycles. The number of likely N-dealkylation sites (tertiary alicyclic amines) is 1. The van der Waals surface area contributed by atoms with Crippen LogP contribution in [0.2, 0.25) is 0 Å². The molecule has 2 rings (SSSR count). The van der Waals surface area contributed by atoms with Gasteiger partial charge in [-0.1, -0.05) is 46.0 Å². The van der Waals surface area contributed by atoms with Crippen LogP contribution in [0.5, 0.6) is 0 Å². The summed E-state index contributed by atoms with van der Waals surface area (Å²) >= 11 is 0. The lowest BCUT2D eigenvalue weighted by Gasteiger charge is -2.44. The predicted octanol–water partition coefficient (Wildman–Crippen LogP) is 3.19. The van der Waals surface area contributed by atoms with E-state index < -0.39 is 0 Å². The van der Waals surface area contributed by atoms with E-state index in [0.717, 1.165) is 25.7 Å². The average Bonchev–Trinajstić information content (AvgIpc) is 2.50. The molecule has 0 amide bonds. The van der Waals surface area contributed by atoms with E-state index >= 15 is 0 Å². The zero-order valence-electron chi connectivity index (χ0n) is 13.6. The number of hydrogen-bond acceptors (Lipinski definition) is 3. The van der Waals surface area contributed by atoms with Gasteiger partial charge in [-0.05, 0) is 19.3 Å². The fourth-order valence-corrected chi connectivity index (χ4v) is 3.76. The number of ether oxygens (including phenoxy) is 1. The summed E-state index contributed by atoms with van der Waals surface area (Å²) in [7, 11) is 0. The van der Waals surface area contributed by atoms with Gasteiger partial charge >= 0.3 is 0 Å². The number of nitrogens with one attached hydrogen (secondary N) is 1. The lowest BCUT2D eigenvalue weighted by atomic mass is 9.96. The van der Waals surface area contributed by atoms with Crippen molar-refractivity contribution >= 4 is 0 Å². The molecule has 0 aromatic rings. The highest BCUT2D eigenvalue weighted by Crippen LogP contribution is 2.22. The van der Waals surface area contributed by atoms with Gasteiger partial charge in [0.25, 0.3) is 0 Å². The van der Waals surface area contributed by atoms with Gasteiger partial charge in [0.2, 0.25) is 0 Å². The van der Waals surface area contributed by atoms with Crippen molar-refractivity contribution in [3.63, 3.8) is 0 Å². The molecule has 0 saturated carbocycles. The third-order valence-corrected chi connectivity index (χ3v) is 5.06. The topological polar surface area (TPSA) is 24.5 Å². The molecule has 0 spiro atoms. The summed E-state index contributed by atoms with van der Waals surface area (Å²) < 4.78 is 5.96. The van der Waals surface area contributed by atoms with Crippen molar-refractivity contribution in [2.75, 3.05) is 26.2 Å². The molecule has 1 N–H and O–H groups in total. The predicted molar refractivity (Wildman–Crippen MR) is 85.2 cm³/mol. The summed E-state index contributed by atoms with van der Waals surface area (Å²) in [6, 6.07) is 1.39. The Balaban J connectivity index is 1.70. The molecule has 0 aliphatic carbocycles. The number of unbranched alkanes of at least 4 members (excludes halogenated alkanes) is 4. The Morgan fingerprint density at radius 2 is 2.05 bits per heavy atom. The first-order chi connectivity index (χ1) is 9.85. The Bertz CT molecular complexity index is 259. The first-order valence-electron chi connectivity index (χ1n) is 8.94. The second-order valence-corrected chi connectivity index (χ2v) is 6.52. The Labute approximate surface area is 125 Å². The lowest BCUT2D eigenvalue weighted by molar-refractivity contribution is -0.0575. The van der Waals surface area contributed by atoms with Gasteiger partial charge in [0.15, 0.2) is 0 Å². The third-order valence-electron chi connectivity index (χ3n) is 5.06. The van der Waals surface area contributed by atoms with Crippen molar-refractivity contribution in [2.45, 2.75) is 83.4 Å². The van der Waals surface area contributed by atoms with Crippen LogP contribution in [0.15, 0.2) is 0 Å². The van der Waals surface area contributed by atoms with Gasteiger partial charge < -0.3 is 10.1 Å². The minimum absolute atomic E-state index is 0.437. The van der Waals surface area contributed by atoms with E-state index in [0.29, 0.717) is 12.1 Å². The molecule has 2 aliphatic heterocycles. The van der Waals surface area contributed by atoms with Gasteiger partial charge in [0.1, 0.15) is 0 Å². The Morgan fingerprint density at radius 3 is 2.85 bits per heavy atom. The van der Waals surface area contributed by atoms with E-state index in [-0.39, 0.29) is 0 Å². The van der Waals surface area contributed by atoms with Crippen molar-refractivity contribution in [2.24, 2.45) is 0 Å². The fraction of sp³-hybridized carbons (Fsp3) is 1.00. The molecule has 2 saturated heterocycles. The highest BCUT2D eigenvalue weighted by molar-refractivity contribution is 4.90. The van der Waals surface area contributed by atoms with Crippen molar-refractivity contribution in [1.82, 2.24) is 10.2 Å². The molecule has 2 fully saturated rings. The molecule has 3 heteroatoms. The SMILES string of the molecule is CCCCCCC[C@H](CC)N1CC[C@@H]2NCCO[C@H]2C1. The number of piperidine rings is 1. The Morgan fingerprint density at radius 1 is 1.20 bits per heavy atom. The van der Waals surface area contributed by atoms with Crippen molar-refractivity contribution < 1.29 is 4.74 Å². The number of morpholine rings is 1. The summed E-state index contributed by atoms with van der Waals surface area (Å²) in [5.74, 6) is 0. The van der Waals surface area contributed by atoms with E-state index in [4.69, 9.17) is 4.74 Å². The largest absolute Gasteiger partial charge is 0.374 e. The van der Waals surface area contributed by atoms with Gasteiger partial charge in [0.05, 0.1) is 12.7 Å². The van der Waals surface area contributed by atoms with Gasteiger partial charge in [-0.25, -0.2) is 0 Å². The molecule has 0 aromatic heterocycles. The summed E-state index contributed by atoms with van der Waals surface area (Å²) in [4.78, 5) is 2.70. The molecule has 0 unspecified atom stereocenters. The maximum absolute atomic E-state index is 5.96. The first kappa shape index (κ1) is 16.3. The highest BCUT2D eigenvalue weighted by Gasteiger charge is 2.33. The van der Waals surface area contributed by atoms with E-state index in [1.165, 1.54) is 57.9 Å². The number of hydrogen-bond donors (Lipinski definition) is 1. The average molecular weight is 282 g/mol. The molecule has 0 radical (unpaired) electrons. The van der Waals surface area contributed by atoms with Gasteiger partial charge in [0, 0.05) is 31.7 Å². The zero-order chi connectivity index (χ0) is 14.2. The molecule has 2 heterocycles. The monoisotopic (exact) mass is 282 g/mol. The quantitative estimate of drug-likeness (QED) is 0.692. The van der Waals surface area contributed by atoms with Crippen LogP contribution in [0.1, 0.15) is 65.2 Å². The summed E-state index contributed by atoms with van der Waals surface area (Å²) in [5, 5.41) is 3.61. The maximum atomic E-state index is 5.96. The van der Waals surface area contributed by atoms with E-state index in [1.807, 2.05) is 0 Å². The molecule has 3 atom stereocenters. The van der Waals surface area contributed by atoms with Crippen LogP contribution in [-0.4, -0.2) is 49.3 Å². The highest BCUT2D eigenvalue weighted by atomic mass is 16.5.